The van der Waals surface area contributed by atoms with Crippen molar-refractivity contribution >= 4 is 64.8 Å². The molecule has 0 saturated heterocycles. The minimum absolute atomic E-state index is 0.105. The summed E-state index contributed by atoms with van der Waals surface area (Å²) in [5.41, 5.74) is 9.02. The molecule has 2 heterocycles. The highest BCUT2D eigenvalue weighted by atomic mass is 35.5. The van der Waals surface area contributed by atoms with Gasteiger partial charge in [0.05, 0.1) is 17.9 Å². The highest BCUT2D eigenvalue weighted by Crippen LogP contribution is 2.36. The molecule has 67 heavy (non-hydrogen) atoms. The standard InChI is InChI=1S/C48H50ClN9O9/c1-26(42(61)47(66)55-35-23-51-52-24-35)53-45(64)39-21-28-7-8-33(25-59)36(20-28)37-22-32(15-18-40(37)60)41(46(65)54-27(2)43(62)57-39)58(3)48(67)38(6-4-5-19-50)56-44(63)31-11-9-29(10-12-31)30-13-16-34(49)17-14-30/h7-18,20,22-27,38-39,41,60H,4-6,19,21,50H2,1-3H3,(H,51,52)(H,53,64)(H,54,65)(H,55,66)(H,56,63)(H,57,62). The van der Waals surface area contributed by atoms with Crippen LogP contribution in [0.1, 0.15) is 71.0 Å². The lowest BCUT2D eigenvalue weighted by atomic mass is 9.91. The number of H-pyrrole nitrogens is 1. The van der Waals surface area contributed by atoms with E-state index in [2.05, 4.69) is 36.8 Å². The molecule has 6 rings (SSSR count). The fraction of sp³-hybridized carbons (Fsp3) is 0.271. The largest absolute Gasteiger partial charge is 0.507 e. The van der Waals surface area contributed by atoms with Crippen molar-refractivity contribution in [3.8, 4) is 28.0 Å². The molecule has 0 fully saturated rings. The predicted octanol–water partition coefficient (Wildman–Crippen LogP) is 3.60. The maximum atomic E-state index is 14.6. The van der Waals surface area contributed by atoms with Crippen molar-refractivity contribution in [2.75, 3.05) is 18.9 Å². The van der Waals surface area contributed by atoms with Gasteiger partial charge in [-0.05, 0) is 104 Å². The fourth-order valence-electron chi connectivity index (χ4n) is 7.57. The molecule has 1 aliphatic rings. The Morgan fingerprint density at radius 2 is 1.61 bits per heavy atom. The van der Waals surface area contributed by atoms with Crippen LogP contribution >= 0.6 is 11.6 Å². The molecule has 348 valence electrons. The van der Waals surface area contributed by atoms with E-state index in [1.165, 1.54) is 63.6 Å². The maximum Gasteiger partial charge on any atom is 0.294 e. The van der Waals surface area contributed by atoms with Crippen molar-refractivity contribution in [1.29, 1.82) is 0 Å². The number of aromatic hydroxyl groups is 1. The smallest absolute Gasteiger partial charge is 0.294 e. The highest BCUT2D eigenvalue weighted by molar-refractivity contribution is 6.42. The number of aromatic amines is 1. The van der Waals surface area contributed by atoms with Crippen molar-refractivity contribution in [3.05, 3.63) is 125 Å². The summed E-state index contributed by atoms with van der Waals surface area (Å²) in [7, 11) is 1.37. The SMILES string of the molecule is CC1NC(=O)C(N(C)C(=O)C(CCCCN)NC(=O)c2ccc(-c3ccc(Cl)cc3)cc2)c2ccc(O)c(c2)-c2cc(ccc2C=O)CC(C(=O)NC(C)C(=O)C(=O)Nc2cn[nH]c2)NC1=O. The molecule has 19 heteroatoms. The average molecular weight is 932 g/mol. The zero-order chi connectivity index (χ0) is 48.4. The van der Waals surface area contributed by atoms with E-state index < -0.39 is 71.4 Å². The number of rotatable bonds is 15. The zero-order valence-electron chi connectivity index (χ0n) is 36.8. The molecular weight excluding hydrogens is 882 g/mol. The van der Waals surface area contributed by atoms with Crippen LogP contribution < -0.4 is 32.3 Å². The number of unbranched alkanes of at least 4 members (excludes halogenated alkanes) is 1. The number of anilines is 1. The highest BCUT2D eigenvalue weighted by Gasteiger charge is 2.36. The molecular formula is C48H50ClN9O9. The maximum absolute atomic E-state index is 14.6. The lowest BCUT2D eigenvalue weighted by Crippen LogP contribution is -2.57. The molecule has 0 radical (unpaired) electrons. The summed E-state index contributed by atoms with van der Waals surface area (Å²) in [6.45, 7) is 2.99. The normalized spacial score (nSPS) is 16.8. The van der Waals surface area contributed by atoms with E-state index in [0.29, 0.717) is 36.3 Å². The van der Waals surface area contributed by atoms with Gasteiger partial charge in [0.15, 0.2) is 6.29 Å². The Morgan fingerprint density at radius 3 is 2.27 bits per heavy atom. The Hall–Kier alpha value is -7.70. The lowest BCUT2D eigenvalue weighted by Gasteiger charge is -2.32. The third-order valence-electron chi connectivity index (χ3n) is 11.3. The molecule has 0 saturated carbocycles. The van der Waals surface area contributed by atoms with E-state index in [9.17, 15) is 43.5 Å². The number of phenolic OH excluding ortho intramolecular Hbond substituents is 1. The number of carbonyl (C=O) groups is 8. The second-order valence-electron chi connectivity index (χ2n) is 16.1. The summed E-state index contributed by atoms with van der Waals surface area (Å²) in [4.78, 5) is 110. The molecule has 5 unspecified atom stereocenters. The molecule has 9 N–H and O–H groups in total. The molecule has 4 bridgehead atoms. The first-order valence-electron chi connectivity index (χ1n) is 21.4. The number of hydrogen-bond donors (Lipinski definition) is 8. The van der Waals surface area contributed by atoms with Gasteiger partial charge in [-0.3, -0.25) is 43.5 Å². The third-order valence-corrected chi connectivity index (χ3v) is 11.5. The first kappa shape index (κ1) is 48.7. The number of ketones is 1. The number of aldehydes is 1. The number of likely N-dealkylation sites (N-methyl/N-ethyl adjacent to an activating group) is 1. The third kappa shape index (κ3) is 12.0. The van der Waals surface area contributed by atoms with Crippen LogP contribution in [0, 0.1) is 0 Å². The molecule has 4 aromatic carbocycles. The average Bonchev–Trinajstić information content (AvgIpc) is 3.84. The van der Waals surface area contributed by atoms with Gasteiger partial charge in [0.1, 0.15) is 29.9 Å². The van der Waals surface area contributed by atoms with Crippen molar-refractivity contribution in [2.45, 2.75) is 69.7 Å². The number of carbonyl (C=O) groups excluding carboxylic acids is 8. The number of benzene rings is 4. The first-order valence-corrected chi connectivity index (χ1v) is 21.8. The summed E-state index contributed by atoms with van der Waals surface area (Å²) in [5.74, 6) is -6.04. The number of aromatic nitrogens is 2. The molecule has 1 aromatic heterocycles. The summed E-state index contributed by atoms with van der Waals surface area (Å²) in [5, 5.41) is 31.0. The van der Waals surface area contributed by atoms with Gasteiger partial charge in [-0.15, -0.1) is 0 Å². The number of Topliss-reactive ketones (excluding diaryl/α,β-unsaturated/α-hetero) is 1. The van der Waals surface area contributed by atoms with E-state index >= 15 is 0 Å². The number of amides is 6. The summed E-state index contributed by atoms with van der Waals surface area (Å²) < 4.78 is 0. The van der Waals surface area contributed by atoms with Crippen LogP contribution in [-0.2, 0) is 35.2 Å². The van der Waals surface area contributed by atoms with Gasteiger partial charge in [-0.2, -0.15) is 5.10 Å². The summed E-state index contributed by atoms with van der Waals surface area (Å²) in [6.07, 6.45) is 4.12. The Balaban J connectivity index is 1.31. The minimum Gasteiger partial charge on any atom is -0.507 e. The van der Waals surface area contributed by atoms with Crippen LogP contribution in [0.4, 0.5) is 5.69 Å². The van der Waals surface area contributed by atoms with Crippen molar-refractivity contribution < 1.29 is 43.5 Å². The van der Waals surface area contributed by atoms with E-state index in [0.717, 1.165) is 16.0 Å². The number of phenols is 1. The Labute approximate surface area is 390 Å². The number of halogens is 1. The van der Waals surface area contributed by atoms with Crippen LogP contribution in [-0.4, -0.2) is 105 Å². The summed E-state index contributed by atoms with van der Waals surface area (Å²) >= 11 is 6.05. The van der Waals surface area contributed by atoms with Crippen LogP contribution in [0.3, 0.4) is 0 Å². The number of nitrogens with two attached hydrogens (primary N) is 1. The van der Waals surface area contributed by atoms with Gasteiger partial charge in [0, 0.05) is 41.4 Å². The quantitative estimate of drug-likeness (QED) is 0.0427. The van der Waals surface area contributed by atoms with E-state index in [1.54, 1.807) is 42.5 Å². The molecule has 0 spiro atoms. The number of nitrogens with one attached hydrogen (secondary N) is 6. The van der Waals surface area contributed by atoms with Crippen LogP contribution in [0.2, 0.25) is 5.02 Å². The molecule has 1 aliphatic heterocycles. The molecule has 0 aliphatic carbocycles. The number of nitrogens with zero attached hydrogens (tertiary/aromatic N) is 2. The van der Waals surface area contributed by atoms with Crippen molar-refractivity contribution in [2.24, 2.45) is 5.73 Å². The van der Waals surface area contributed by atoms with Crippen LogP contribution in [0.25, 0.3) is 22.3 Å². The van der Waals surface area contributed by atoms with Crippen LogP contribution in [0.5, 0.6) is 5.75 Å². The van der Waals surface area contributed by atoms with Crippen molar-refractivity contribution in [1.82, 2.24) is 36.4 Å². The zero-order valence-corrected chi connectivity index (χ0v) is 37.6. The number of fused-ring (bicyclic) bond motifs is 5. The van der Waals surface area contributed by atoms with Gasteiger partial charge < -0.3 is 42.3 Å². The van der Waals surface area contributed by atoms with E-state index in [-0.39, 0.29) is 52.1 Å². The second-order valence-corrected chi connectivity index (χ2v) is 16.5. The Bertz CT molecular complexity index is 2660. The first-order chi connectivity index (χ1) is 32.1. The minimum atomic E-state index is -1.49. The molecule has 5 aromatic rings. The number of hydrogen-bond acceptors (Lipinski definition) is 11. The molecule has 6 amide bonds. The molecule has 5 atom stereocenters. The van der Waals surface area contributed by atoms with Gasteiger partial charge >= 0.3 is 0 Å². The fourth-order valence-corrected chi connectivity index (χ4v) is 7.69. The Morgan fingerprint density at radius 1 is 0.910 bits per heavy atom. The van der Waals surface area contributed by atoms with Gasteiger partial charge in [0.25, 0.3) is 11.8 Å². The second kappa shape index (κ2) is 22.0. The van der Waals surface area contributed by atoms with Crippen molar-refractivity contribution in [3.63, 3.8) is 0 Å². The molecule has 18 nitrogen and oxygen atoms in total. The predicted molar refractivity (Wildman–Crippen MR) is 249 cm³/mol. The van der Waals surface area contributed by atoms with E-state index in [4.69, 9.17) is 17.3 Å². The van der Waals surface area contributed by atoms with E-state index in [1.807, 2.05) is 12.1 Å². The van der Waals surface area contributed by atoms with Gasteiger partial charge in [-0.25, -0.2) is 0 Å². The topological polar surface area (TPSA) is 275 Å². The van der Waals surface area contributed by atoms with Crippen LogP contribution in [0.15, 0.2) is 97.3 Å². The van der Waals surface area contributed by atoms with Gasteiger partial charge in [0.2, 0.25) is 29.4 Å². The van der Waals surface area contributed by atoms with Gasteiger partial charge in [-0.1, -0.05) is 60.1 Å². The monoisotopic (exact) mass is 931 g/mol. The lowest BCUT2D eigenvalue weighted by molar-refractivity contribution is -0.141. The Kier molecular flexibility index (Phi) is 16.0. The summed E-state index contributed by atoms with van der Waals surface area (Å²) in [6, 6.07) is 16.0.